The van der Waals surface area contributed by atoms with Gasteiger partial charge < -0.3 is 14.6 Å². The topological polar surface area (TPSA) is 113 Å². The van der Waals surface area contributed by atoms with E-state index in [0.29, 0.717) is 10.9 Å². The second kappa shape index (κ2) is 7.28. The van der Waals surface area contributed by atoms with Gasteiger partial charge in [-0.3, -0.25) is 10.2 Å². The molecule has 0 saturated heterocycles. The fourth-order valence-corrected chi connectivity index (χ4v) is 2.47. The molecule has 2 aromatic heterocycles. The number of hydrogen-bond donors (Lipinski definition) is 3. The van der Waals surface area contributed by atoms with E-state index in [1.54, 1.807) is 12.1 Å². The molecule has 2 heterocycles. The summed E-state index contributed by atoms with van der Waals surface area (Å²) in [6.45, 7) is 0. The van der Waals surface area contributed by atoms with Crippen LogP contribution in [0.5, 0.6) is 11.5 Å². The molecule has 0 fully saturated rings. The predicted octanol–water partition coefficient (Wildman–Crippen LogP) is 3.12. The lowest BCUT2D eigenvalue weighted by Gasteiger charge is -2.00. The van der Waals surface area contributed by atoms with Gasteiger partial charge in [-0.1, -0.05) is 0 Å². The Bertz CT molecular complexity index is 1120. The van der Waals surface area contributed by atoms with Crippen LogP contribution in [0.3, 0.4) is 0 Å². The van der Waals surface area contributed by atoms with Crippen LogP contribution in [0.15, 0.2) is 30.5 Å². The minimum atomic E-state index is -1.18. The minimum absolute atomic E-state index is 0.0333. The third-order valence-corrected chi connectivity index (χ3v) is 3.81. The number of ether oxygens (including phenoxy) is 2. The molecular weight excluding hydrogens is 362 g/mol. The van der Waals surface area contributed by atoms with Crippen molar-refractivity contribution in [1.29, 1.82) is 0 Å². The Morgan fingerprint density at radius 2 is 1.67 bits per heavy atom. The van der Waals surface area contributed by atoms with Gasteiger partial charge in [0.1, 0.15) is 5.52 Å². The van der Waals surface area contributed by atoms with E-state index >= 15 is 0 Å². The summed E-state index contributed by atoms with van der Waals surface area (Å²) in [5.41, 5.74) is 0.506. The minimum Gasteiger partial charge on any atom is -0.494 e. The molecule has 0 bridgehead atoms. The summed E-state index contributed by atoms with van der Waals surface area (Å²) < 4.78 is 36.4. The number of halogens is 2. The average molecular weight is 376 g/mol. The Balaban J connectivity index is 0.000000159. The molecule has 3 N–H and O–H groups in total. The van der Waals surface area contributed by atoms with Gasteiger partial charge in [0.25, 0.3) is 0 Å². The third-order valence-electron chi connectivity index (χ3n) is 3.81. The molecule has 0 aliphatic rings. The second-order valence-corrected chi connectivity index (χ2v) is 5.29. The molecule has 0 unspecified atom stereocenters. The van der Waals surface area contributed by atoms with Crippen LogP contribution in [-0.2, 0) is 0 Å². The van der Waals surface area contributed by atoms with E-state index in [2.05, 4.69) is 20.4 Å². The quantitative estimate of drug-likeness (QED) is 0.506. The number of carboxylic acid groups (broad SMARTS) is 1. The first-order chi connectivity index (χ1) is 13.0. The fourth-order valence-electron chi connectivity index (χ4n) is 2.47. The Kier molecular flexibility index (Phi) is 4.88. The first-order valence-electron chi connectivity index (χ1n) is 7.57. The monoisotopic (exact) mass is 376 g/mol. The number of aromatic amines is 2. The van der Waals surface area contributed by atoms with Crippen molar-refractivity contribution < 1.29 is 28.2 Å². The molecule has 2 aromatic carbocycles. The number of nitrogens with zero attached hydrogens (tertiary/aromatic N) is 2. The van der Waals surface area contributed by atoms with Crippen LogP contribution in [0.2, 0.25) is 0 Å². The first kappa shape index (κ1) is 18.1. The number of aromatic carboxylic acids is 1. The van der Waals surface area contributed by atoms with Crippen molar-refractivity contribution in [2.45, 2.75) is 0 Å². The van der Waals surface area contributed by atoms with Gasteiger partial charge in [-0.05, 0) is 24.3 Å². The molecule has 0 radical (unpaired) electrons. The number of hydrogen-bond acceptors (Lipinski definition) is 5. The zero-order chi connectivity index (χ0) is 19.6. The van der Waals surface area contributed by atoms with Crippen LogP contribution in [0.25, 0.3) is 21.8 Å². The molecule has 27 heavy (non-hydrogen) atoms. The van der Waals surface area contributed by atoms with Crippen LogP contribution in [0.4, 0.5) is 8.78 Å². The van der Waals surface area contributed by atoms with Gasteiger partial charge >= 0.3 is 5.97 Å². The Labute approximate surface area is 150 Å². The summed E-state index contributed by atoms with van der Waals surface area (Å²) in [7, 11) is 2.76. The Morgan fingerprint density at radius 3 is 2.33 bits per heavy atom. The molecule has 0 saturated carbocycles. The number of benzene rings is 2. The van der Waals surface area contributed by atoms with Crippen molar-refractivity contribution >= 4 is 27.8 Å². The highest BCUT2D eigenvalue weighted by atomic mass is 19.1. The summed E-state index contributed by atoms with van der Waals surface area (Å²) in [4.78, 5) is 10.7. The molecule has 0 spiro atoms. The average Bonchev–Trinajstić information content (AvgIpc) is 3.30. The number of aromatic nitrogens is 4. The highest BCUT2D eigenvalue weighted by molar-refractivity contribution is 6.01. The molecule has 4 rings (SSSR count). The van der Waals surface area contributed by atoms with Gasteiger partial charge in [0.15, 0.2) is 28.8 Å². The molecule has 4 aromatic rings. The summed E-state index contributed by atoms with van der Waals surface area (Å²) in [5, 5.41) is 21.7. The van der Waals surface area contributed by atoms with E-state index in [1.807, 2.05) is 0 Å². The van der Waals surface area contributed by atoms with E-state index in [0.717, 1.165) is 0 Å². The zero-order valence-corrected chi connectivity index (χ0v) is 14.2. The SMILES string of the molecule is COc1ccc2[nH]ncc2c1F.COc1ccc2c(C(=O)O)[nH]nc2c1F. The second-order valence-electron chi connectivity index (χ2n) is 5.29. The Hall–Kier alpha value is -3.69. The van der Waals surface area contributed by atoms with Crippen LogP contribution in [0.1, 0.15) is 10.5 Å². The van der Waals surface area contributed by atoms with Crippen LogP contribution >= 0.6 is 0 Å². The summed E-state index contributed by atoms with van der Waals surface area (Å²) in [5.74, 6) is -1.94. The predicted molar refractivity (Wildman–Crippen MR) is 92.2 cm³/mol. The molecule has 10 heteroatoms. The van der Waals surface area contributed by atoms with Gasteiger partial charge in [-0.15, -0.1) is 0 Å². The first-order valence-corrected chi connectivity index (χ1v) is 7.57. The highest BCUT2D eigenvalue weighted by Crippen LogP contribution is 2.26. The van der Waals surface area contributed by atoms with Crippen molar-refractivity contribution in [2.24, 2.45) is 0 Å². The van der Waals surface area contributed by atoms with Gasteiger partial charge in [-0.25, -0.2) is 13.6 Å². The molecule has 0 atom stereocenters. The number of carboxylic acids is 1. The van der Waals surface area contributed by atoms with E-state index < -0.39 is 11.8 Å². The smallest absolute Gasteiger partial charge is 0.354 e. The van der Waals surface area contributed by atoms with Gasteiger partial charge in [0, 0.05) is 5.39 Å². The molecule has 0 amide bonds. The molecule has 140 valence electrons. The number of methoxy groups -OCH3 is 2. The van der Waals surface area contributed by atoms with Crippen molar-refractivity contribution in [3.63, 3.8) is 0 Å². The zero-order valence-electron chi connectivity index (χ0n) is 14.2. The highest BCUT2D eigenvalue weighted by Gasteiger charge is 2.17. The molecule has 0 aliphatic heterocycles. The third kappa shape index (κ3) is 3.24. The lowest BCUT2D eigenvalue weighted by atomic mass is 10.2. The number of rotatable bonds is 3. The standard InChI is InChI=1S/C9H7FN2O3.C8H7FN2O/c1-15-5-3-2-4-7(6(5)10)11-12-8(4)9(13)14;1-12-7-3-2-6-5(8(7)9)4-10-11-6/h2-3H,1H3,(H,11,12)(H,13,14);2-4H,1H3,(H,10,11). The number of H-pyrrole nitrogens is 2. The van der Waals surface area contributed by atoms with E-state index in [-0.39, 0.29) is 33.9 Å². The van der Waals surface area contributed by atoms with Gasteiger partial charge in [0.05, 0.1) is 31.3 Å². The summed E-state index contributed by atoms with van der Waals surface area (Å²) in [6, 6.07) is 6.10. The largest absolute Gasteiger partial charge is 0.494 e. The van der Waals surface area contributed by atoms with E-state index in [4.69, 9.17) is 14.6 Å². The normalized spacial score (nSPS) is 10.5. The van der Waals surface area contributed by atoms with Crippen LogP contribution in [0, 0.1) is 11.6 Å². The fraction of sp³-hybridized carbons (Fsp3) is 0.118. The van der Waals surface area contributed by atoms with Crippen molar-refractivity contribution in [3.05, 3.63) is 47.8 Å². The van der Waals surface area contributed by atoms with Crippen molar-refractivity contribution in [2.75, 3.05) is 14.2 Å². The van der Waals surface area contributed by atoms with Crippen molar-refractivity contribution in [3.8, 4) is 11.5 Å². The summed E-state index contributed by atoms with van der Waals surface area (Å²) >= 11 is 0. The molecular formula is C17H14F2N4O4. The van der Waals surface area contributed by atoms with E-state index in [9.17, 15) is 13.6 Å². The molecule has 8 nitrogen and oxygen atoms in total. The van der Waals surface area contributed by atoms with Crippen LogP contribution < -0.4 is 9.47 Å². The van der Waals surface area contributed by atoms with Gasteiger partial charge in [-0.2, -0.15) is 10.2 Å². The Morgan fingerprint density at radius 1 is 1.00 bits per heavy atom. The lowest BCUT2D eigenvalue weighted by Crippen LogP contribution is -1.96. The maximum absolute atomic E-state index is 13.5. The van der Waals surface area contributed by atoms with E-state index in [1.165, 1.54) is 32.5 Å². The lowest BCUT2D eigenvalue weighted by molar-refractivity contribution is 0.0692. The van der Waals surface area contributed by atoms with Crippen LogP contribution in [-0.4, -0.2) is 45.7 Å². The number of nitrogens with one attached hydrogen (secondary N) is 2. The maximum atomic E-state index is 13.5. The number of fused-ring (bicyclic) bond motifs is 2. The maximum Gasteiger partial charge on any atom is 0.354 e. The molecule has 0 aliphatic carbocycles. The summed E-state index contributed by atoms with van der Waals surface area (Å²) in [6.07, 6.45) is 1.44. The number of carbonyl (C=O) groups is 1. The van der Waals surface area contributed by atoms with Crippen molar-refractivity contribution in [1.82, 2.24) is 20.4 Å². The van der Waals surface area contributed by atoms with Gasteiger partial charge in [0.2, 0.25) is 0 Å².